The van der Waals surface area contributed by atoms with E-state index < -0.39 is 0 Å². The normalized spacial score (nSPS) is 11.7. The monoisotopic (exact) mass is 690 g/mol. The number of rotatable bonds is 5. The molecule has 4 aromatic heterocycles. The minimum absolute atomic E-state index is 0.563. The maximum absolute atomic E-state index is 5.13. The molecule has 7 aromatic carbocycles. The molecule has 0 bridgehead atoms. The first-order chi connectivity index (χ1) is 26.8. The quantitative estimate of drug-likeness (QED) is 0.180. The smallest absolute Gasteiger partial charge is 0.165 e. The highest BCUT2D eigenvalue weighted by Crippen LogP contribution is 2.40. The van der Waals surface area contributed by atoms with Gasteiger partial charge in [0.2, 0.25) is 0 Å². The summed E-state index contributed by atoms with van der Waals surface area (Å²) in [6.45, 7) is 0. The first-order valence-corrected chi connectivity index (χ1v) is 18.1. The van der Waals surface area contributed by atoms with Crippen molar-refractivity contribution in [2.24, 2.45) is 0 Å². The van der Waals surface area contributed by atoms with Crippen molar-refractivity contribution in [2.75, 3.05) is 0 Å². The Bertz CT molecular complexity index is 3210. The molecule has 11 aromatic rings. The number of nitrogens with zero attached hydrogens (tertiary/aromatic N) is 6. The number of benzene rings is 7. The second kappa shape index (κ2) is 12.1. The number of fused-ring (bicyclic) bond motifs is 7. The van der Waals surface area contributed by atoms with Crippen molar-refractivity contribution in [3.05, 3.63) is 182 Å². The fraction of sp³-hybridized carbons (Fsp3) is 0. The van der Waals surface area contributed by atoms with Crippen molar-refractivity contribution < 1.29 is 0 Å². The summed E-state index contributed by atoms with van der Waals surface area (Å²) in [4.78, 5) is 20.0. The van der Waals surface area contributed by atoms with Crippen LogP contribution in [0, 0.1) is 0 Å². The summed E-state index contributed by atoms with van der Waals surface area (Å²) in [5, 5.41) is 7.03. The van der Waals surface area contributed by atoms with Crippen LogP contribution in [0.4, 0.5) is 0 Å². The molecule has 0 unspecified atom stereocenters. The third kappa shape index (κ3) is 4.74. The molecule has 0 radical (unpaired) electrons. The number of aromatic nitrogens is 6. The van der Waals surface area contributed by atoms with E-state index in [9.17, 15) is 0 Å². The minimum Gasteiger partial charge on any atom is -0.309 e. The molecule has 11 rings (SSSR count). The molecular formula is C48H30N6. The molecule has 6 nitrogen and oxygen atoms in total. The third-order valence-corrected chi connectivity index (χ3v) is 10.4. The molecule has 0 atom stereocenters. The van der Waals surface area contributed by atoms with Gasteiger partial charge in [-0.3, -0.25) is 4.98 Å². The van der Waals surface area contributed by atoms with Gasteiger partial charge in [-0.05, 0) is 53.2 Å². The van der Waals surface area contributed by atoms with E-state index in [0.717, 1.165) is 55.4 Å². The lowest BCUT2D eigenvalue weighted by Crippen LogP contribution is -2.02. The molecule has 0 aliphatic carbocycles. The lowest BCUT2D eigenvalue weighted by atomic mass is 10.0. The van der Waals surface area contributed by atoms with Gasteiger partial charge in [0.1, 0.15) is 0 Å². The van der Waals surface area contributed by atoms with Crippen LogP contribution in [-0.2, 0) is 0 Å². The Hall–Kier alpha value is -7.44. The van der Waals surface area contributed by atoms with Crippen LogP contribution in [0.5, 0.6) is 0 Å². The zero-order valence-electron chi connectivity index (χ0n) is 29.0. The van der Waals surface area contributed by atoms with Crippen molar-refractivity contribution in [3.8, 4) is 45.5 Å². The summed E-state index contributed by atoms with van der Waals surface area (Å²) in [5.41, 5.74) is 9.26. The molecule has 0 saturated heterocycles. The molecule has 0 amide bonds. The van der Waals surface area contributed by atoms with Gasteiger partial charge >= 0.3 is 0 Å². The molecule has 0 aliphatic heterocycles. The van der Waals surface area contributed by atoms with Crippen LogP contribution in [0.2, 0.25) is 0 Å². The SMILES string of the molecule is c1ccc(-c2nc(-c3cncc(-n4c5ccccc5c5cc6c7ccccc7n(-c7ccccc7)c6cc54)c3)nc(-c3cccc4ccccc34)n2)cc1. The van der Waals surface area contributed by atoms with E-state index in [0.29, 0.717) is 17.5 Å². The summed E-state index contributed by atoms with van der Waals surface area (Å²) in [6.07, 6.45) is 3.77. The number of para-hydroxylation sites is 3. The van der Waals surface area contributed by atoms with Crippen molar-refractivity contribution in [2.45, 2.75) is 0 Å². The Balaban J connectivity index is 1.15. The summed E-state index contributed by atoms with van der Waals surface area (Å²) in [5.74, 6) is 1.80. The topological polar surface area (TPSA) is 61.4 Å². The molecule has 0 N–H and O–H groups in total. The highest BCUT2D eigenvalue weighted by molar-refractivity contribution is 6.19. The number of hydrogen-bond donors (Lipinski definition) is 0. The third-order valence-electron chi connectivity index (χ3n) is 10.4. The van der Waals surface area contributed by atoms with Gasteiger partial charge in [-0.15, -0.1) is 0 Å². The molecule has 0 fully saturated rings. The first kappa shape index (κ1) is 30.2. The molecule has 0 saturated carbocycles. The van der Waals surface area contributed by atoms with Gasteiger partial charge in [-0.1, -0.05) is 127 Å². The largest absolute Gasteiger partial charge is 0.309 e. The second-order valence-corrected chi connectivity index (χ2v) is 13.6. The molecular weight excluding hydrogens is 661 g/mol. The molecule has 4 heterocycles. The Morgan fingerprint density at radius 1 is 0.333 bits per heavy atom. The van der Waals surface area contributed by atoms with Gasteiger partial charge in [-0.25, -0.2) is 15.0 Å². The van der Waals surface area contributed by atoms with E-state index in [1.807, 2.05) is 42.7 Å². The van der Waals surface area contributed by atoms with Crippen molar-refractivity contribution >= 4 is 54.4 Å². The van der Waals surface area contributed by atoms with Crippen LogP contribution in [0.15, 0.2) is 182 Å². The predicted octanol–water partition coefficient (Wildman–Crippen LogP) is 11.6. The molecule has 6 heteroatoms. The Morgan fingerprint density at radius 3 is 1.61 bits per heavy atom. The summed E-state index contributed by atoms with van der Waals surface area (Å²) in [6, 6.07) is 59.4. The van der Waals surface area contributed by atoms with E-state index in [1.165, 1.54) is 27.1 Å². The van der Waals surface area contributed by atoms with E-state index in [1.54, 1.807) is 0 Å². The average molecular weight is 691 g/mol. The van der Waals surface area contributed by atoms with Crippen LogP contribution in [0.1, 0.15) is 0 Å². The highest BCUT2D eigenvalue weighted by atomic mass is 15.0. The fourth-order valence-electron chi connectivity index (χ4n) is 8.00. The van der Waals surface area contributed by atoms with Crippen LogP contribution in [-0.4, -0.2) is 29.1 Å². The van der Waals surface area contributed by atoms with Crippen molar-refractivity contribution in [1.82, 2.24) is 29.1 Å². The highest BCUT2D eigenvalue weighted by Gasteiger charge is 2.20. The number of pyridine rings is 1. The van der Waals surface area contributed by atoms with Gasteiger partial charge < -0.3 is 9.13 Å². The van der Waals surface area contributed by atoms with Gasteiger partial charge in [-0.2, -0.15) is 0 Å². The Morgan fingerprint density at radius 2 is 0.889 bits per heavy atom. The number of hydrogen-bond acceptors (Lipinski definition) is 4. The van der Waals surface area contributed by atoms with Crippen LogP contribution in [0.3, 0.4) is 0 Å². The van der Waals surface area contributed by atoms with E-state index in [-0.39, 0.29) is 0 Å². The van der Waals surface area contributed by atoms with E-state index in [2.05, 4.69) is 149 Å². The predicted molar refractivity (Wildman–Crippen MR) is 220 cm³/mol. The standard InChI is InChI=1S/C48H30N6/c1-3-15-32(16-4-1)46-50-47(52-48(51-46)39-23-13-17-31-14-7-8-20-36(31)39)33-26-35(30-49-29-33)54-43-25-12-10-22-38(43)41-27-40-37-21-9-11-24-42(37)53(44(40)28-45(41)54)34-18-5-2-6-19-34/h1-30H. The van der Waals surface area contributed by atoms with Gasteiger partial charge in [0.05, 0.1) is 34.0 Å². The van der Waals surface area contributed by atoms with Crippen molar-refractivity contribution in [1.29, 1.82) is 0 Å². The van der Waals surface area contributed by atoms with Gasteiger partial charge in [0.25, 0.3) is 0 Å². The Kier molecular flexibility index (Phi) is 6.75. The summed E-state index contributed by atoms with van der Waals surface area (Å²) >= 11 is 0. The minimum atomic E-state index is 0.563. The lowest BCUT2D eigenvalue weighted by molar-refractivity contribution is 1.07. The molecule has 0 aliphatic rings. The average Bonchev–Trinajstić information content (AvgIpc) is 3.75. The van der Waals surface area contributed by atoms with Gasteiger partial charge in [0.15, 0.2) is 17.5 Å². The molecule has 252 valence electrons. The van der Waals surface area contributed by atoms with E-state index >= 15 is 0 Å². The molecule has 0 spiro atoms. The maximum atomic E-state index is 5.13. The molecule has 54 heavy (non-hydrogen) atoms. The van der Waals surface area contributed by atoms with Crippen molar-refractivity contribution in [3.63, 3.8) is 0 Å². The summed E-state index contributed by atoms with van der Waals surface area (Å²) in [7, 11) is 0. The van der Waals surface area contributed by atoms with Crippen LogP contribution < -0.4 is 0 Å². The van der Waals surface area contributed by atoms with Crippen LogP contribution >= 0.6 is 0 Å². The zero-order chi connectivity index (χ0) is 35.6. The maximum Gasteiger partial charge on any atom is 0.165 e. The fourth-order valence-corrected chi connectivity index (χ4v) is 8.00. The summed E-state index contributed by atoms with van der Waals surface area (Å²) < 4.78 is 4.68. The first-order valence-electron chi connectivity index (χ1n) is 18.1. The lowest BCUT2D eigenvalue weighted by Gasteiger charge is -2.12. The van der Waals surface area contributed by atoms with Gasteiger partial charge in [0, 0.05) is 50.1 Å². The van der Waals surface area contributed by atoms with Crippen LogP contribution in [0.25, 0.3) is 99.9 Å². The Labute approximate surface area is 310 Å². The second-order valence-electron chi connectivity index (χ2n) is 13.6. The van der Waals surface area contributed by atoms with E-state index in [4.69, 9.17) is 19.9 Å². The zero-order valence-corrected chi connectivity index (χ0v) is 29.0.